The second-order valence-corrected chi connectivity index (χ2v) is 8.60. The summed E-state index contributed by atoms with van der Waals surface area (Å²) in [5, 5.41) is 2.89. The van der Waals surface area contributed by atoms with Gasteiger partial charge in [0.15, 0.2) is 0 Å². The molecule has 3 aromatic rings. The third kappa shape index (κ3) is 4.04. The monoisotopic (exact) mass is 334 g/mol. The maximum Gasteiger partial charge on any atom is 0.118 e. The highest BCUT2D eigenvalue weighted by Gasteiger charge is 2.21. The van der Waals surface area contributed by atoms with E-state index in [1.807, 2.05) is 0 Å². The Kier molecular flexibility index (Phi) is 5.67. The molecule has 0 saturated heterocycles. The van der Waals surface area contributed by atoms with E-state index < -0.39 is 0 Å². The number of benzene rings is 3. The summed E-state index contributed by atoms with van der Waals surface area (Å²) in [5.41, 5.74) is 1.93. The molecule has 24 heavy (non-hydrogen) atoms. The lowest BCUT2D eigenvalue weighted by atomic mass is 10.1. The van der Waals surface area contributed by atoms with E-state index in [2.05, 4.69) is 91.9 Å². The Bertz CT molecular complexity index is 698. The Labute approximate surface area is 146 Å². The summed E-state index contributed by atoms with van der Waals surface area (Å²) in [6.45, 7) is 2.37. The zero-order valence-electron chi connectivity index (χ0n) is 14.2. The van der Waals surface area contributed by atoms with Crippen molar-refractivity contribution in [2.75, 3.05) is 7.11 Å². The second kappa shape index (κ2) is 8.13. The van der Waals surface area contributed by atoms with Crippen LogP contribution in [0.3, 0.4) is 0 Å². The van der Waals surface area contributed by atoms with Crippen LogP contribution >= 0.6 is 7.92 Å². The molecule has 0 radical (unpaired) electrons. The Hall–Kier alpha value is -2.11. The van der Waals surface area contributed by atoms with Crippen LogP contribution in [0.5, 0.6) is 5.75 Å². The molecule has 0 fully saturated rings. The maximum atomic E-state index is 5.26. The standard InChI is InChI=1S/C22H23OP/c1-18(17-19-13-15-20(23-2)16-14-19)24(21-9-5-3-6-10-21)22-11-7-4-8-12-22/h3-16,18H,17H2,1-2H3. The van der Waals surface area contributed by atoms with Gasteiger partial charge < -0.3 is 4.74 Å². The van der Waals surface area contributed by atoms with Crippen molar-refractivity contribution in [2.45, 2.75) is 19.0 Å². The van der Waals surface area contributed by atoms with Crippen molar-refractivity contribution in [1.29, 1.82) is 0 Å². The van der Waals surface area contributed by atoms with Gasteiger partial charge in [0.25, 0.3) is 0 Å². The molecule has 0 amide bonds. The van der Waals surface area contributed by atoms with E-state index >= 15 is 0 Å². The van der Waals surface area contributed by atoms with Crippen LogP contribution in [0.1, 0.15) is 12.5 Å². The Morgan fingerprint density at radius 1 is 0.750 bits per heavy atom. The van der Waals surface area contributed by atoms with Crippen LogP contribution in [0.4, 0.5) is 0 Å². The van der Waals surface area contributed by atoms with Crippen molar-refractivity contribution >= 4 is 18.5 Å². The van der Waals surface area contributed by atoms with Crippen LogP contribution in [-0.2, 0) is 6.42 Å². The zero-order valence-corrected chi connectivity index (χ0v) is 15.1. The second-order valence-electron chi connectivity index (χ2n) is 5.94. The molecule has 3 aromatic carbocycles. The first-order chi connectivity index (χ1) is 11.8. The van der Waals surface area contributed by atoms with Crippen LogP contribution in [0.2, 0.25) is 0 Å². The summed E-state index contributed by atoms with van der Waals surface area (Å²) in [5.74, 6) is 0.916. The summed E-state index contributed by atoms with van der Waals surface area (Å²) in [6, 6.07) is 30.3. The highest BCUT2D eigenvalue weighted by Crippen LogP contribution is 2.40. The number of hydrogen-bond acceptors (Lipinski definition) is 1. The normalized spacial score (nSPS) is 12.1. The molecule has 1 unspecified atom stereocenters. The summed E-state index contributed by atoms with van der Waals surface area (Å²) in [4.78, 5) is 0. The molecule has 3 rings (SSSR count). The molecule has 0 N–H and O–H groups in total. The molecule has 2 heteroatoms. The van der Waals surface area contributed by atoms with Gasteiger partial charge in [-0.25, -0.2) is 0 Å². The summed E-state index contributed by atoms with van der Waals surface area (Å²) in [7, 11) is 1.33. The highest BCUT2D eigenvalue weighted by molar-refractivity contribution is 7.73. The molecule has 0 aliphatic carbocycles. The maximum absolute atomic E-state index is 5.26. The molecule has 0 heterocycles. The van der Waals surface area contributed by atoms with E-state index in [9.17, 15) is 0 Å². The lowest BCUT2D eigenvalue weighted by Crippen LogP contribution is -2.21. The van der Waals surface area contributed by atoms with Crippen LogP contribution in [-0.4, -0.2) is 12.8 Å². The fraction of sp³-hybridized carbons (Fsp3) is 0.182. The molecule has 1 nitrogen and oxygen atoms in total. The smallest absolute Gasteiger partial charge is 0.118 e. The van der Waals surface area contributed by atoms with Gasteiger partial charge in [0.2, 0.25) is 0 Å². The van der Waals surface area contributed by atoms with Gasteiger partial charge in [-0.05, 0) is 48.3 Å². The predicted molar refractivity (Wildman–Crippen MR) is 105 cm³/mol. The van der Waals surface area contributed by atoms with Gasteiger partial charge in [-0.15, -0.1) is 0 Å². The minimum absolute atomic E-state index is 0.378. The molecular formula is C22H23OP. The average molecular weight is 334 g/mol. The predicted octanol–water partition coefficient (Wildman–Crippen LogP) is 4.76. The van der Waals surface area contributed by atoms with E-state index in [4.69, 9.17) is 4.74 Å². The van der Waals surface area contributed by atoms with Gasteiger partial charge in [0.1, 0.15) is 5.75 Å². The number of rotatable bonds is 6. The fourth-order valence-corrected chi connectivity index (χ4v) is 5.73. The Morgan fingerprint density at radius 3 is 1.71 bits per heavy atom. The number of hydrogen-bond donors (Lipinski definition) is 0. The van der Waals surface area contributed by atoms with Crippen molar-refractivity contribution in [2.24, 2.45) is 0 Å². The summed E-state index contributed by atoms with van der Waals surface area (Å²) < 4.78 is 5.26. The topological polar surface area (TPSA) is 9.23 Å². The average Bonchev–Trinajstić information content (AvgIpc) is 2.64. The zero-order chi connectivity index (χ0) is 16.8. The van der Waals surface area contributed by atoms with Crippen molar-refractivity contribution in [1.82, 2.24) is 0 Å². The van der Waals surface area contributed by atoms with Gasteiger partial charge >= 0.3 is 0 Å². The minimum Gasteiger partial charge on any atom is -0.497 e. The third-order valence-electron chi connectivity index (χ3n) is 4.20. The van der Waals surface area contributed by atoms with Crippen molar-refractivity contribution in [3.63, 3.8) is 0 Å². The molecule has 0 saturated carbocycles. The van der Waals surface area contributed by atoms with E-state index in [0.717, 1.165) is 12.2 Å². The fourth-order valence-electron chi connectivity index (χ4n) is 3.03. The van der Waals surface area contributed by atoms with Crippen LogP contribution in [0.25, 0.3) is 0 Å². The van der Waals surface area contributed by atoms with Crippen molar-refractivity contribution in [3.05, 3.63) is 90.5 Å². The molecule has 122 valence electrons. The largest absolute Gasteiger partial charge is 0.497 e. The number of ether oxygens (including phenoxy) is 1. The van der Waals surface area contributed by atoms with Gasteiger partial charge in [0.05, 0.1) is 7.11 Å². The van der Waals surface area contributed by atoms with Gasteiger partial charge in [-0.2, -0.15) is 0 Å². The van der Waals surface area contributed by atoms with Gasteiger partial charge in [0, 0.05) is 0 Å². The molecular weight excluding hydrogens is 311 g/mol. The molecule has 0 aliphatic heterocycles. The summed E-state index contributed by atoms with van der Waals surface area (Å²) in [6.07, 6.45) is 1.07. The quantitative estimate of drug-likeness (QED) is 0.591. The van der Waals surface area contributed by atoms with Crippen LogP contribution < -0.4 is 15.3 Å². The molecule has 1 atom stereocenters. The third-order valence-corrected chi connectivity index (χ3v) is 6.97. The first-order valence-corrected chi connectivity index (χ1v) is 9.71. The first-order valence-electron chi connectivity index (χ1n) is 8.30. The lowest BCUT2D eigenvalue weighted by molar-refractivity contribution is 0.414. The highest BCUT2D eigenvalue weighted by atomic mass is 31.1. The van der Waals surface area contributed by atoms with E-state index in [0.29, 0.717) is 5.66 Å². The Morgan fingerprint density at radius 2 is 1.25 bits per heavy atom. The Balaban J connectivity index is 1.87. The van der Waals surface area contributed by atoms with Crippen molar-refractivity contribution < 1.29 is 4.74 Å². The molecule has 0 bridgehead atoms. The van der Waals surface area contributed by atoms with Crippen molar-refractivity contribution in [3.8, 4) is 5.75 Å². The van der Waals surface area contributed by atoms with Crippen LogP contribution in [0, 0.1) is 0 Å². The molecule has 0 aromatic heterocycles. The number of methoxy groups -OCH3 is 1. The van der Waals surface area contributed by atoms with E-state index in [1.54, 1.807) is 7.11 Å². The van der Waals surface area contributed by atoms with Crippen LogP contribution in [0.15, 0.2) is 84.9 Å². The first kappa shape index (κ1) is 16.7. The minimum atomic E-state index is -0.378. The van der Waals surface area contributed by atoms with Gasteiger partial charge in [-0.3, -0.25) is 0 Å². The van der Waals surface area contributed by atoms with Gasteiger partial charge in [-0.1, -0.05) is 79.7 Å². The SMILES string of the molecule is COc1ccc(CC(C)P(c2ccccc2)c2ccccc2)cc1. The lowest BCUT2D eigenvalue weighted by Gasteiger charge is -2.26. The molecule has 0 spiro atoms. The van der Waals surface area contributed by atoms with E-state index in [-0.39, 0.29) is 7.92 Å². The summed E-state index contributed by atoms with van der Waals surface area (Å²) >= 11 is 0. The van der Waals surface area contributed by atoms with E-state index in [1.165, 1.54) is 16.2 Å². The molecule has 0 aliphatic rings.